The van der Waals surface area contributed by atoms with E-state index >= 15 is 0 Å². The largest absolute Gasteiger partial charge is 0.497 e. The minimum absolute atomic E-state index is 0.267. The van der Waals surface area contributed by atoms with Gasteiger partial charge in [0.1, 0.15) is 28.9 Å². The van der Waals surface area contributed by atoms with Gasteiger partial charge in [0.25, 0.3) is 0 Å². The Labute approximate surface area is 200 Å². The third kappa shape index (κ3) is 4.39. The third-order valence-corrected chi connectivity index (χ3v) is 5.94. The molecule has 1 heterocycles. The van der Waals surface area contributed by atoms with Crippen LogP contribution >= 0.6 is 22.6 Å². The highest BCUT2D eigenvalue weighted by atomic mass is 127. The smallest absolute Gasteiger partial charge is 0.238 e. The van der Waals surface area contributed by atoms with Gasteiger partial charge in [-0.25, -0.2) is 4.99 Å². The highest BCUT2D eigenvalue weighted by Gasteiger charge is 2.23. The van der Waals surface area contributed by atoms with Crippen LogP contribution < -0.4 is 9.47 Å². The number of nitrogens with zero attached hydrogens (tertiary/aromatic N) is 2. The number of furan rings is 1. The molecule has 0 N–H and O–H groups in total. The second-order valence-electron chi connectivity index (χ2n) is 6.83. The predicted molar refractivity (Wildman–Crippen MR) is 134 cm³/mol. The molecular weight excluding hydrogens is 515 g/mol. The predicted octanol–water partition coefficient (Wildman–Crippen LogP) is 6.86. The zero-order valence-corrected chi connectivity index (χ0v) is 19.7. The molecule has 1 aromatic heterocycles. The van der Waals surface area contributed by atoms with E-state index in [1.807, 2.05) is 72.8 Å². The van der Waals surface area contributed by atoms with E-state index in [2.05, 4.69) is 33.7 Å². The molecule has 0 unspecified atom stereocenters. The first-order valence-electron chi connectivity index (χ1n) is 9.79. The van der Waals surface area contributed by atoms with Crippen LogP contribution in [0, 0.1) is 14.9 Å². The Balaban J connectivity index is 1.88. The van der Waals surface area contributed by atoms with Gasteiger partial charge in [0.15, 0.2) is 0 Å². The first kappa shape index (κ1) is 21.7. The summed E-state index contributed by atoms with van der Waals surface area (Å²) in [6, 6.07) is 25.2. The number of rotatable bonds is 6. The molecule has 6 heteroatoms. The van der Waals surface area contributed by atoms with Crippen LogP contribution in [-0.4, -0.2) is 20.4 Å². The molecule has 0 amide bonds. The molecule has 0 aliphatic heterocycles. The average molecular weight is 534 g/mol. The molecule has 32 heavy (non-hydrogen) atoms. The van der Waals surface area contributed by atoms with E-state index in [1.165, 1.54) is 0 Å². The summed E-state index contributed by atoms with van der Waals surface area (Å²) in [7, 11) is 3.24. The highest BCUT2D eigenvalue weighted by Crippen LogP contribution is 2.43. The number of aliphatic imine (C=N–C) groups is 1. The van der Waals surface area contributed by atoms with Crippen molar-refractivity contribution in [2.24, 2.45) is 4.99 Å². The van der Waals surface area contributed by atoms with Crippen molar-refractivity contribution in [1.29, 1.82) is 5.26 Å². The van der Waals surface area contributed by atoms with E-state index in [-0.39, 0.29) is 5.88 Å². The summed E-state index contributed by atoms with van der Waals surface area (Å²) in [6.07, 6.45) is 1.72. The summed E-state index contributed by atoms with van der Waals surface area (Å²) in [6.45, 7) is 0. The van der Waals surface area contributed by atoms with Crippen LogP contribution in [0.25, 0.3) is 22.5 Å². The Kier molecular flexibility index (Phi) is 6.57. The van der Waals surface area contributed by atoms with Gasteiger partial charge >= 0.3 is 0 Å². The fraction of sp³-hybridized carbons (Fsp3) is 0.0769. The van der Waals surface area contributed by atoms with Gasteiger partial charge in [-0.05, 0) is 70.6 Å². The molecule has 0 aliphatic rings. The molecule has 3 aromatic carbocycles. The summed E-state index contributed by atoms with van der Waals surface area (Å²) < 4.78 is 17.8. The molecule has 0 radical (unpaired) electrons. The summed E-state index contributed by atoms with van der Waals surface area (Å²) >= 11 is 2.25. The van der Waals surface area contributed by atoms with Gasteiger partial charge in [0.2, 0.25) is 5.88 Å². The van der Waals surface area contributed by atoms with Crippen molar-refractivity contribution in [1.82, 2.24) is 0 Å². The van der Waals surface area contributed by atoms with Crippen molar-refractivity contribution < 1.29 is 13.9 Å². The Morgan fingerprint density at radius 2 is 1.47 bits per heavy atom. The minimum atomic E-state index is 0.267. The maximum absolute atomic E-state index is 10.0. The van der Waals surface area contributed by atoms with E-state index in [1.54, 1.807) is 20.4 Å². The molecule has 4 aromatic rings. The van der Waals surface area contributed by atoms with E-state index < -0.39 is 0 Å². The van der Waals surface area contributed by atoms with Crippen molar-refractivity contribution in [3.63, 3.8) is 0 Å². The first-order valence-corrected chi connectivity index (χ1v) is 10.9. The van der Waals surface area contributed by atoms with Gasteiger partial charge in [0.05, 0.1) is 14.2 Å². The summed E-state index contributed by atoms with van der Waals surface area (Å²) in [5.41, 5.74) is 3.68. The molecule has 158 valence electrons. The number of hydrogen-bond acceptors (Lipinski definition) is 5. The lowest BCUT2D eigenvalue weighted by molar-refractivity contribution is 0.414. The summed E-state index contributed by atoms with van der Waals surface area (Å²) in [4.78, 5) is 4.54. The average Bonchev–Trinajstić information content (AvgIpc) is 3.22. The SMILES string of the molecule is COc1ccc(-c2oc(N=Cc3ccccc3I)c(C#N)c2-c2ccc(OC)cc2)cc1. The Bertz CT molecular complexity index is 1300. The zero-order chi connectivity index (χ0) is 22.5. The minimum Gasteiger partial charge on any atom is -0.497 e. The second-order valence-corrected chi connectivity index (χ2v) is 8.00. The van der Waals surface area contributed by atoms with E-state index in [4.69, 9.17) is 13.9 Å². The zero-order valence-electron chi connectivity index (χ0n) is 17.5. The number of nitriles is 1. The fourth-order valence-electron chi connectivity index (χ4n) is 3.30. The van der Waals surface area contributed by atoms with Gasteiger partial charge in [-0.3, -0.25) is 0 Å². The highest BCUT2D eigenvalue weighted by molar-refractivity contribution is 14.1. The fourth-order valence-corrected chi connectivity index (χ4v) is 3.83. The van der Waals surface area contributed by atoms with Crippen LogP contribution in [0.3, 0.4) is 0 Å². The van der Waals surface area contributed by atoms with Crippen molar-refractivity contribution in [2.45, 2.75) is 0 Å². The van der Waals surface area contributed by atoms with Crippen molar-refractivity contribution in [3.05, 3.63) is 87.5 Å². The topological polar surface area (TPSA) is 67.8 Å². The monoisotopic (exact) mass is 534 g/mol. The number of hydrogen-bond donors (Lipinski definition) is 0. The normalized spacial score (nSPS) is 10.8. The molecule has 0 saturated heterocycles. The third-order valence-electron chi connectivity index (χ3n) is 4.96. The summed E-state index contributed by atoms with van der Waals surface area (Å²) in [5, 5.41) is 10.0. The van der Waals surface area contributed by atoms with Crippen molar-refractivity contribution in [2.75, 3.05) is 14.2 Å². The maximum atomic E-state index is 10.0. The number of halogens is 1. The van der Waals surface area contributed by atoms with Gasteiger partial charge in [-0.15, -0.1) is 0 Å². The molecule has 0 fully saturated rings. The van der Waals surface area contributed by atoms with Crippen LogP contribution in [0.4, 0.5) is 5.88 Å². The lowest BCUT2D eigenvalue weighted by Crippen LogP contribution is -1.87. The van der Waals surface area contributed by atoms with Gasteiger partial charge < -0.3 is 13.9 Å². The first-order chi connectivity index (χ1) is 15.6. The standard InChI is InChI=1S/C26H19IN2O3/c1-30-20-11-7-17(8-12-20)24-22(15-28)26(29-16-19-5-3-4-6-23(19)27)32-25(24)18-9-13-21(31-2)14-10-18/h3-14,16H,1-2H3. The Hall–Kier alpha value is -3.57. The number of benzene rings is 3. The quantitative estimate of drug-likeness (QED) is 0.200. The summed E-state index contributed by atoms with van der Waals surface area (Å²) in [5.74, 6) is 2.32. The van der Waals surface area contributed by atoms with E-state index in [9.17, 15) is 5.26 Å². The van der Waals surface area contributed by atoms with Crippen molar-refractivity contribution >= 4 is 34.7 Å². The van der Waals surface area contributed by atoms with E-state index in [0.29, 0.717) is 16.9 Å². The van der Waals surface area contributed by atoms with Gasteiger partial charge in [0, 0.05) is 26.5 Å². The van der Waals surface area contributed by atoms with Crippen LogP contribution in [0.15, 0.2) is 82.2 Å². The molecule has 0 atom stereocenters. The molecule has 5 nitrogen and oxygen atoms in total. The molecule has 0 spiro atoms. The number of ether oxygens (including phenoxy) is 2. The Morgan fingerprint density at radius 3 is 2.03 bits per heavy atom. The molecular formula is C26H19IN2O3. The van der Waals surface area contributed by atoms with Crippen LogP contribution in [0.2, 0.25) is 0 Å². The van der Waals surface area contributed by atoms with Crippen molar-refractivity contribution in [3.8, 4) is 40.0 Å². The van der Waals surface area contributed by atoms with Crippen LogP contribution in [0.5, 0.6) is 11.5 Å². The second kappa shape index (κ2) is 9.71. The molecule has 0 aliphatic carbocycles. The lowest BCUT2D eigenvalue weighted by Gasteiger charge is -2.06. The maximum Gasteiger partial charge on any atom is 0.238 e. The lowest BCUT2D eigenvalue weighted by atomic mass is 9.98. The van der Waals surface area contributed by atoms with Crippen LogP contribution in [0.1, 0.15) is 11.1 Å². The van der Waals surface area contributed by atoms with Gasteiger partial charge in [-0.2, -0.15) is 5.26 Å². The van der Waals surface area contributed by atoms with Gasteiger partial charge in [-0.1, -0.05) is 30.3 Å². The van der Waals surface area contributed by atoms with Crippen LogP contribution in [-0.2, 0) is 0 Å². The molecule has 0 bridgehead atoms. The number of methoxy groups -OCH3 is 2. The Morgan fingerprint density at radius 1 is 0.875 bits per heavy atom. The molecule has 4 rings (SSSR count). The molecule has 0 saturated carbocycles. The van der Waals surface area contributed by atoms with E-state index in [0.717, 1.165) is 31.8 Å².